The summed E-state index contributed by atoms with van der Waals surface area (Å²) in [6, 6.07) is -0.0480. The van der Waals surface area contributed by atoms with Gasteiger partial charge in [-0.25, -0.2) is 4.79 Å². The predicted molar refractivity (Wildman–Crippen MR) is 95.9 cm³/mol. The number of carbonyl (C=O) groups is 2. The number of rotatable bonds is 5. The van der Waals surface area contributed by atoms with Gasteiger partial charge < -0.3 is 23.8 Å². The number of carbonyl (C=O) groups excluding carboxylic acids is 2. The Kier molecular flexibility index (Phi) is 7.29. The zero-order valence-corrected chi connectivity index (χ0v) is 16.7. The molecule has 2 aliphatic rings. The second-order valence-corrected chi connectivity index (χ2v) is 8.21. The average Bonchev–Trinajstić information content (AvgIpc) is 3.02. The molecule has 0 aromatic carbocycles. The lowest BCUT2D eigenvalue weighted by Gasteiger charge is -2.31. The quantitative estimate of drug-likeness (QED) is 0.692. The van der Waals surface area contributed by atoms with Crippen LogP contribution >= 0.6 is 0 Å². The molecule has 1 saturated carbocycles. The van der Waals surface area contributed by atoms with Crippen LogP contribution in [0, 0.1) is 5.92 Å². The molecule has 0 N–H and O–H groups in total. The fourth-order valence-electron chi connectivity index (χ4n) is 3.63. The summed E-state index contributed by atoms with van der Waals surface area (Å²) in [7, 11) is 3.09. The highest BCUT2D eigenvalue weighted by atomic mass is 16.6. The highest BCUT2D eigenvalue weighted by molar-refractivity contribution is 5.72. The van der Waals surface area contributed by atoms with Gasteiger partial charge in [-0.15, -0.1) is 0 Å². The molecule has 0 unspecified atom stereocenters. The van der Waals surface area contributed by atoms with Crippen LogP contribution in [0.15, 0.2) is 0 Å². The van der Waals surface area contributed by atoms with Gasteiger partial charge in [0.05, 0.1) is 44.4 Å². The number of hydrogen-bond donors (Lipinski definition) is 0. The third-order valence-corrected chi connectivity index (χ3v) is 5.07. The topological polar surface area (TPSA) is 74.3 Å². The van der Waals surface area contributed by atoms with Crippen LogP contribution in [-0.2, 0) is 23.7 Å². The average molecular weight is 371 g/mol. The van der Waals surface area contributed by atoms with Crippen molar-refractivity contribution in [2.24, 2.45) is 5.92 Å². The molecular weight excluding hydrogens is 338 g/mol. The largest absolute Gasteiger partial charge is 0.469 e. The zero-order chi connectivity index (χ0) is 19.3. The number of hydrogen-bond acceptors (Lipinski definition) is 6. The summed E-state index contributed by atoms with van der Waals surface area (Å²) in [5, 5.41) is 0. The van der Waals surface area contributed by atoms with E-state index in [9.17, 15) is 9.59 Å². The normalized spacial score (nSPS) is 29.5. The molecule has 1 aliphatic carbocycles. The van der Waals surface area contributed by atoms with Crippen LogP contribution in [0.4, 0.5) is 4.79 Å². The first-order chi connectivity index (χ1) is 12.2. The first kappa shape index (κ1) is 21.0. The van der Waals surface area contributed by atoms with E-state index >= 15 is 0 Å². The molecule has 0 aromatic heterocycles. The smallest absolute Gasteiger partial charge is 0.410 e. The van der Waals surface area contributed by atoms with Crippen LogP contribution in [0.2, 0.25) is 0 Å². The van der Waals surface area contributed by atoms with Crippen molar-refractivity contribution in [3.05, 3.63) is 0 Å². The van der Waals surface area contributed by atoms with Gasteiger partial charge in [-0.1, -0.05) is 0 Å². The van der Waals surface area contributed by atoms with Gasteiger partial charge in [0.15, 0.2) is 0 Å². The molecule has 0 spiro atoms. The summed E-state index contributed by atoms with van der Waals surface area (Å²) < 4.78 is 21.8. The van der Waals surface area contributed by atoms with E-state index in [0.717, 1.165) is 32.1 Å². The molecule has 2 atom stereocenters. The molecule has 0 radical (unpaired) electrons. The lowest BCUT2D eigenvalue weighted by molar-refractivity contribution is -0.147. The monoisotopic (exact) mass is 371 g/mol. The zero-order valence-electron chi connectivity index (χ0n) is 16.7. The van der Waals surface area contributed by atoms with Crippen LogP contribution in [0.3, 0.4) is 0 Å². The molecule has 1 amide bonds. The van der Waals surface area contributed by atoms with Gasteiger partial charge >= 0.3 is 12.1 Å². The maximum Gasteiger partial charge on any atom is 0.410 e. The van der Waals surface area contributed by atoms with Crippen molar-refractivity contribution in [2.45, 2.75) is 76.7 Å². The molecule has 2 fully saturated rings. The van der Waals surface area contributed by atoms with E-state index in [0.29, 0.717) is 13.2 Å². The molecule has 150 valence electrons. The molecule has 0 aromatic rings. The summed E-state index contributed by atoms with van der Waals surface area (Å²) in [6.45, 7) is 6.57. The number of methoxy groups -OCH3 is 2. The van der Waals surface area contributed by atoms with Gasteiger partial charge in [-0.05, 0) is 52.9 Å². The van der Waals surface area contributed by atoms with Crippen LogP contribution < -0.4 is 0 Å². The Balaban J connectivity index is 1.84. The molecule has 2 rings (SSSR count). The maximum absolute atomic E-state index is 12.5. The van der Waals surface area contributed by atoms with E-state index in [1.165, 1.54) is 7.11 Å². The molecule has 1 saturated heterocycles. The van der Waals surface area contributed by atoms with Crippen molar-refractivity contribution in [3.8, 4) is 0 Å². The van der Waals surface area contributed by atoms with Crippen molar-refractivity contribution in [3.63, 3.8) is 0 Å². The summed E-state index contributed by atoms with van der Waals surface area (Å²) in [5.74, 6) is -0.138. The Labute approximate surface area is 156 Å². The number of esters is 1. The lowest BCUT2D eigenvalue weighted by Crippen LogP contribution is -2.42. The third-order valence-electron chi connectivity index (χ3n) is 5.07. The molecule has 1 heterocycles. The second kappa shape index (κ2) is 9.04. The highest BCUT2D eigenvalue weighted by Crippen LogP contribution is 2.29. The number of amides is 1. The molecular formula is C19H33NO6. The van der Waals surface area contributed by atoms with Gasteiger partial charge in [0.25, 0.3) is 0 Å². The van der Waals surface area contributed by atoms with Crippen LogP contribution in [0.5, 0.6) is 0 Å². The third kappa shape index (κ3) is 5.84. The Morgan fingerprint density at radius 2 is 1.69 bits per heavy atom. The Morgan fingerprint density at radius 3 is 2.23 bits per heavy atom. The van der Waals surface area contributed by atoms with E-state index in [-0.39, 0.29) is 36.2 Å². The number of ether oxygens (including phenoxy) is 4. The van der Waals surface area contributed by atoms with Crippen molar-refractivity contribution >= 4 is 12.1 Å². The lowest BCUT2D eigenvalue weighted by atomic mass is 9.87. The van der Waals surface area contributed by atoms with E-state index < -0.39 is 5.60 Å². The fraction of sp³-hybridized carbons (Fsp3) is 0.895. The van der Waals surface area contributed by atoms with Gasteiger partial charge in [-0.2, -0.15) is 0 Å². The minimum absolute atomic E-state index is 0.00572. The summed E-state index contributed by atoms with van der Waals surface area (Å²) in [6.07, 6.45) is 3.81. The molecule has 26 heavy (non-hydrogen) atoms. The van der Waals surface area contributed by atoms with E-state index in [1.54, 1.807) is 12.0 Å². The van der Waals surface area contributed by atoms with E-state index in [4.69, 9.17) is 18.9 Å². The second-order valence-electron chi connectivity index (χ2n) is 8.21. The minimum Gasteiger partial charge on any atom is -0.469 e. The Hall–Kier alpha value is -1.34. The minimum atomic E-state index is -0.528. The van der Waals surface area contributed by atoms with Crippen molar-refractivity contribution in [1.82, 2.24) is 4.90 Å². The van der Waals surface area contributed by atoms with Gasteiger partial charge in [0, 0.05) is 7.11 Å². The molecule has 7 nitrogen and oxygen atoms in total. The number of likely N-dealkylation sites (tertiary alicyclic amines) is 1. The first-order valence-electron chi connectivity index (χ1n) is 9.45. The first-order valence-corrected chi connectivity index (χ1v) is 9.45. The maximum atomic E-state index is 12.5. The van der Waals surface area contributed by atoms with Crippen LogP contribution in [0.25, 0.3) is 0 Å². The highest BCUT2D eigenvalue weighted by Gasteiger charge is 2.38. The van der Waals surface area contributed by atoms with Crippen molar-refractivity contribution in [2.75, 3.05) is 27.4 Å². The summed E-state index contributed by atoms with van der Waals surface area (Å²) in [5.41, 5.74) is -0.528. The van der Waals surface area contributed by atoms with Gasteiger partial charge in [0.1, 0.15) is 5.60 Å². The van der Waals surface area contributed by atoms with Gasteiger partial charge in [0.2, 0.25) is 0 Å². The van der Waals surface area contributed by atoms with E-state index in [1.807, 2.05) is 20.8 Å². The van der Waals surface area contributed by atoms with Crippen LogP contribution in [-0.4, -0.2) is 68.2 Å². The summed E-state index contributed by atoms with van der Waals surface area (Å²) in [4.78, 5) is 25.8. The van der Waals surface area contributed by atoms with Gasteiger partial charge in [-0.3, -0.25) is 4.79 Å². The van der Waals surface area contributed by atoms with Crippen molar-refractivity contribution < 1.29 is 28.5 Å². The Bertz CT molecular complexity index is 481. The SMILES string of the molecule is COC(=O)[C@H]1CC[C@H](OC[C@@H]2C[C@H](OC)CN2C(=O)OC(C)(C)C)CC1. The van der Waals surface area contributed by atoms with Crippen molar-refractivity contribution in [1.29, 1.82) is 0 Å². The van der Waals surface area contributed by atoms with E-state index in [2.05, 4.69) is 0 Å². The Morgan fingerprint density at radius 1 is 1.04 bits per heavy atom. The standard InChI is InChI=1S/C19H33NO6/c1-19(2,3)26-18(22)20-11-16(23-4)10-14(20)12-25-15-8-6-13(7-9-15)17(21)24-5/h13-16H,6-12H2,1-5H3/t13-,14-,15-,16-/m0/s1. The predicted octanol–water partition coefficient (Wildman–Crippen LogP) is 2.76. The van der Waals surface area contributed by atoms with Crippen LogP contribution in [0.1, 0.15) is 52.9 Å². The molecule has 1 aliphatic heterocycles. The molecule has 7 heteroatoms. The number of nitrogens with zero attached hydrogens (tertiary/aromatic N) is 1. The fourth-order valence-corrected chi connectivity index (χ4v) is 3.63. The molecule has 0 bridgehead atoms. The summed E-state index contributed by atoms with van der Waals surface area (Å²) >= 11 is 0.